The minimum Gasteiger partial charge on any atom is -0.384 e. The molecule has 1 N–H and O–H groups in total. The predicted molar refractivity (Wildman–Crippen MR) is 89.9 cm³/mol. The van der Waals surface area contributed by atoms with Crippen LogP contribution in [-0.4, -0.2) is 55.6 Å². The summed E-state index contributed by atoms with van der Waals surface area (Å²) in [5.41, 5.74) is 2.57. The van der Waals surface area contributed by atoms with E-state index < -0.39 is 0 Å². The van der Waals surface area contributed by atoms with Crippen LogP contribution < -0.4 is 5.32 Å². The van der Waals surface area contributed by atoms with Gasteiger partial charge in [-0.3, -0.25) is 0 Å². The largest absolute Gasteiger partial charge is 0.384 e. The molecule has 0 spiro atoms. The molecular weight excluding hydrogens is 258 g/mol. The number of nitrogens with one attached hydrogen (secondary N) is 1. The summed E-state index contributed by atoms with van der Waals surface area (Å²) >= 11 is 0. The molecule has 1 aromatic carbocycles. The summed E-state index contributed by atoms with van der Waals surface area (Å²) in [5.74, 6) is 0.900. The standard InChI is InChI=1S/C18H29N3/c1-15-5-7-17(8-6-15)19-10-13-21-12-9-18-16(14-21)4-3-11-20(18)2/h5-8,16,18-19H,3-4,9-14H2,1-2H3. The summed E-state index contributed by atoms with van der Waals surface area (Å²) in [5, 5.41) is 3.55. The Kier molecular flexibility index (Phi) is 4.81. The number of hydrogen-bond acceptors (Lipinski definition) is 3. The van der Waals surface area contributed by atoms with Crippen LogP contribution in [0.15, 0.2) is 24.3 Å². The molecular formula is C18H29N3. The molecule has 2 atom stereocenters. The zero-order chi connectivity index (χ0) is 14.7. The van der Waals surface area contributed by atoms with Crippen molar-refractivity contribution >= 4 is 5.69 Å². The Hall–Kier alpha value is -1.06. The molecule has 3 rings (SSSR count). The van der Waals surface area contributed by atoms with Crippen LogP contribution in [0.1, 0.15) is 24.8 Å². The summed E-state index contributed by atoms with van der Waals surface area (Å²) in [6.45, 7) is 8.22. The van der Waals surface area contributed by atoms with Crippen LogP contribution in [0.3, 0.4) is 0 Å². The Labute approximate surface area is 129 Å². The molecule has 2 unspecified atom stereocenters. The fourth-order valence-corrected chi connectivity index (χ4v) is 3.96. The molecule has 0 aliphatic carbocycles. The summed E-state index contributed by atoms with van der Waals surface area (Å²) in [6.07, 6.45) is 4.16. The number of hydrogen-bond donors (Lipinski definition) is 1. The van der Waals surface area contributed by atoms with E-state index in [9.17, 15) is 0 Å². The molecule has 0 saturated carbocycles. The molecule has 116 valence electrons. The van der Waals surface area contributed by atoms with Crippen molar-refractivity contribution in [3.63, 3.8) is 0 Å². The molecule has 2 fully saturated rings. The van der Waals surface area contributed by atoms with Crippen molar-refractivity contribution < 1.29 is 0 Å². The van der Waals surface area contributed by atoms with E-state index in [2.05, 4.69) is 53.4 Å². The molecule has 0 radical (unpaired) electrons. The van der Waals surface area contributed by atoms with Crippen molar-refractivity contribution in [2.75, 3.05) is 45.1 Å². The van der Waals surface area contributed by atoms with Crippen LogP contribution >= 0.6 is 0 Å². The van der Waals surface area contributed by atoms with Gasteiger partial charge < -0.3 is 15.1 Å². The number of benzene rings is 1. The third-order valence-corrected chi connectivity index (χ3v) is 5.24. The van der Waals surface area contributed by atoms with Crippen LogP contribution in [0.4, 0.5) is 5.69 Å². The van der Waals surface area contributed by atoms with E-state index in [1.54, 1.807) is 0 Å². The lowest BCUT2D eigenvalue weighted by Gasteiger charge is -2.46. The van der Waals surface area contributed by atoms with Crippen molar-refractivity contribution in [2.24, 2.45) is 5.92 Å². The van der Waals surface area contributed by atoms with Crippen molar-refractivity contribution in [1.82, 2.24) is 9.80 Å². The molecule has 2 aliphatic heterocycles. The second-order valence-corrected chi connectivity index (χ2v) is 6.83. The zero-order valence-corrected chi connectivity index (χ0v) is 13.5. The molecule has 3 nitrogen and oxygen atoms in total. The molecule has 21 heavy (non-hydrogen) atoms. The van der Waals surface area contributed by atoms with Gasteiger partial charge in [0.2, 0.25) is 0 Å². The maximum atomic E-state index is 3.55. The van der Waals surface area contributed by atoms with E-state index in [1.165, 1.54) is 56.7 Å². The summed E-state index contributed by atoms with van der Waals surface area (Å²) in [6, 6.07) is 9.55. The van der Waals surface area contributed by atoms with Crippen LogP contribution in [0, 0.1) is 12.8 Å². The van der Waals surface area contributed by atoms with E-state index in [4.69, 9.17) is 0 Å². The van der Waals surface area contributed by atoms with Gasteiger partial charge in [0.15, 0.2) is 0 Å². The van der Waals surface area contributed by atoms with Gasteiger partial charge in [0.1, 0.15) is 0 Å². The highest BCUT2D eigenvalue weighted by Crippen LogP contribution is 2.29. The number of rotatable bonds is 4. The molecule has 0 aromatic heterocycles. The van der Waals surface area contributed by atoms with E-state index in [1.807, 2.05) is 0 Å². The first-order chi connectivity index (χ1) is 10.2. The first kappa shape index (κ1) is 14.9. The van der Waals surface area contributed by atoms with Gasteiger partial charge in [-0.15, -0.1) is 0 Å². The van der Waals surface area contributed by atoms with Crippen LogP contribution in [-0.2, 0) is 0 Å². The van der Waals surface area contributed by atoms with Gasteiger partial charge in [0, 0.05) is 31.4 Å². The van der Waals surface area contributed by atoms with Crippen molar-refractivity contribution in [1.29, 1.82) is 0 Å². The Morgan fingerprint density at radius 2 is 1.95 bits per heavy atom. The van der Waals surface area contributed by atoms with Gasteiger partial charge in [-0.25, -0.2) is 0 Å². The van der Waals surface area contributed by atoms with Gasteiger partial charge in [-0.2, -0.15) is 0 Å². The quantitative estimate of drug-likeness (QED) is 0.918. The zero-order valence-electron chi connectivity index (χ0n) is 13.5. The monoisotopic (exact) mass is 287 g/mol. The van der Waals surface area contributed by atoms with Gasteiger partial charge in [0.25, 0.3) is 0 Å². The number of nitrogens with zero attached hydrogens (tertiary/aromatic N) is 2. The van der Waals surface area contributed by atoms with Crippen molar-refractivity contribution in [3.8, 4) is 0 Å². The summed E-state index contributed by atoms with van der Waals surface area (Å²) in [4.78, 5) is 5.25. The normalized spacial score (nSPS) is 27.3. The second kappa shape index (κ2) is 6.80. The van der Waals surface area contributed by atoms with Crippen molar-refractivity contribution in [2.45, 2.75) is 32.2 Å². The van der Waals surface area contributed by atoms with Crippen LogP contribution in [0.2, 0.25) is 0 Å². The Bertz CT molecular complexity index is 442. The molecule has 0 bridgehead atoms. The summed E-state index contributed by atoms with van der Waals surface area (Å²) in [7, 11) is 2.31. The molecule has 2 saturated heterocycles. The van der Waals surface area contributed by atoms with Gasteiger partial charge in [-0.1, -0.05) is 17.7 Å². The van der Waals surface area contributed by atoms with E-state index in [0.29, 0.717) is 0 Å². The number of anilines is 1. The molecule has 0 amide bonds. The molecule has 1 aromatic rings. The van der Waals surface area contributed by atoms with Gasteiger partial charge >= 0.3 is 0 Å². The smallest absolute Gasteiger partial charge is 0.0340 e. The lowest BCUT2D eigenvalue weighted by Crippen LogP contribution is -2.53. The number of aryl methyl sites for hydroxylation is 1. The first-order valence-electron chi connectivity index (χ1n) is 8.45. The highest BCUT2D eigenvalue weighted by Gasteiger charge is 2.33. The van der Waals surface area contributed by atoms with Crippen LogP contribution in [0.25, 0.3) is 0 Å². The SMILES string of the molecule is Cc1ccc(NCCN2CCC3C(CCCN3C)C2)cc1. The number of fused-ring (bicyclic) bond motifs is 1. The minimum absolute atomic E-state index is 0.847. The van der Waals surface area contributed by atoms with Crippen molar-refractivity contribution in [3.05, 3.63) is 29.8 Å². The average molecular weight is 287 g/mol. The fourth-order valence-electron chi connectivity index (χ4n) is 3.96. The molecule has 2 aliphatic rings. The molecule has 3 heteroatoms. The Morgan fingerprint density at radius 1 is 1.14 bits per heavy atom. The average Bonchev–Trinajstić information content (AvgIpc) is 2.49. The van der Waals surface area contributed by atoms with Gasteiger partial charge in [-0.05, 0) is 64.4 Å². The second-order valence-electron chi connectivity index (χ2n) is 6.83. The highest BCUT2D eigenvalue weighted by molar-refractivity contribution is 5.44. The Morgan fingerprint density at radius 3 is 2.76 bits per heavy atom. The van der Waals surface area contributed by atoms with E-state index in [-0.39, 0.29) is 0 Å². The molecule has 2 heterocycles. The lowest BCUT2D eigenvalue weighted by atomic mass is 9.84. The lowest BCUT2D eigenvalue weighted by molar-refractivity contribution is 0.0403. The minimum atomic E-state index is 0.847. The van der Waals surface area contributed by atoms with Gasteiger partial charge in [0.05, 0.1) is 0 Å². The Balaban J connectivity index is 1.43. The van der Waals surface area contributed by atoms with E-state index in [0.717, 1.165) is 18.5 Å². The summed E-state index contributed by atoms with van der Waals surface area (Å²) < 4.78 is 0. The third-order valence-electron chi connectivity index (χ3n) is 5.24. The highest BCUT2D eigenvalue weighted by atomic mass is 15.2. The third kappa shape index (κ3) is 3.78. The fraction of sp³-hybridized carbons (Fsp3) is 0.667. The predicted octanol–water partition coefficient (Wildman–Crippen LogP) is 2.82. The number of piperidine rings is 2. The number of likely N-dealkylation sites (tertiary alicyclic amines) is 2. The maximum absolute atomic E-state index is 3.55. The van der Waals surface area contributed by atoms with Crippen LogP contribution in [0.5, 0.6) is 0 Å². The first-order valence-corrected chi connectivity index (χ1v) is 8.45. The maximum Gasteiger partial charge on any atom is 0.0340 e. The van der Waals surface area contributed by atoms with E-state index >= 15 is 0 Å². The topological polar surface area (TPSA) is 18.5 Å².